The number of methoxy groups -OCH3 is 2. The van der Waals surface area contributed by atoms with Crippen LogP contribution in [-0.4, -0.2) is 37.9 Å². The first kappa shape index (κ1) is 16.6. The Balaban J connectivity index is 2.56. The number of nitrogens with one attached hydrogen (secondary N) is 2. The molecule has 0 bridgehead atoms. The number of benzene rings is 1. The van der Waals surface area contributed by atoms with Gasteiger partial charge in [-0.05, 0) is 18.6 Å². The van der Waals surface area contributed by atoms with E-state index >= 15 is 0 Å². The van der Waals surface area contributed by atoms with Crippen LogP contribution in [0.4, 0.5) is 10.5 Å². The summed E-state index contributed by atoms with van der Waals surface area (Å²) in [5.41, 5.74) is 0.473. The van der Waals surface area contributed by atoms with E-state index in [0.29, 0.717) is 23.6 Å². The average molecular weight is 296 g/mol. The summed E-state index contributed by atoms with van der Waals surface area (Å²) in [6.07, 6.45) is 0.359. The second-order valence-corrected chi connectivity index (χ2v) is 4.48. The van der Waals surface area contributed by atoms with E-state index in [0.717, 1.165) is 0 Å². The van der Waals surface area contributed by atoms with Crippen molar-refractivity contribution in [3.05, 3.63) is 18.2 Å². The number of hydrogen-bond acceptors (Lipinski definition) is 4. The third-order valence-electron chi connectivity index (χ3n) is 2.94. The molecular weight excluding hydrogens is 276 g/mol. The largest absolute Gasteiger partial charge is 0.497 e. The van der Waals surface area contributed by atoms with Crippen LogP contribution in [0.3, 0.4) is 0 Å². The molecule has 1 rings (SSSR count). The number of carbonyl (C=O) groups excluding carboxylic acids is 1. The van der Waals surface area contributed by atoms with Crippen LogP contribution in [0.5, 0.6) is 11.5 Å². The van der Waals surface area contributed by atoms with Crippen molar-refractivity contribution in [1.82, 2.24) is 5.32 Å². The number of urea groups is 1. The third kappa shape index (κ3) is 5.21. The maximum Gasteiger partial charge on any atom is 0.319 e. The van der Waals surface area contributed by atoms with Gasteiger partial charge in [0, 0.05) is 12.6 Å². The minimum absolute atomic E-state index is 0.269. The predicted molar refractivity (Wildman–Crippen MR) is 78.0 cm³/mol. The number of ether oxygens (including phenoxy) is 2. The van der Waals surface area contributed by atoms with Gasteiger partial charge in [0.1, 0.15) is 11.5 Å². The molecule has 21 heavy (non-hydrogen) atoms. The molecule has 7 nitrogen and oxygen atoms in total. The topological polar surface area (TPSA) is 96.9 Å². The van der Waals surface area contributed by atoms with Crippen molar-refractivity contribution in [2.45, 2.75) is 13.3 Å². The summed E-state index contributed by atoms with van der Waals surface area (Å²) in [7, 11) is 3.03. The van der Waals surface area contributed by atoms with Crippen LogP contribution < -0.4 is 20.1 Å². The monoisotopic (exact) mass is 296 g/mol. The van der Waals surface area contributed by atoms with Gasteiger partial charge < -0.3 is 25.2 Å². The number of anilines is 1. The Labute approximate surface area is 123 Å². The number of hydrogen-bond donors (Lipinski definition) is 3. The number of carbonyl (C=O) groups is 2. The molecule has 1 aromatic carbocycles. The first-order chi connectivity index (χ1) is 9.97. The lowest BCUT2D eigenvalue weighted by molar-refractivity contribution is -0.141. The molecule has 0 aromatic heterocycles. The molecule has 0 aliphatic heterocycles. The summed E-state index contributed by atoms with van der Waals surface area (Å²) in [6.45, 7) is 1.86. The van der Waals surface area contributed by atoms with Crippen molar-refractivity contribution < 1.29 is 24.2 Å². The molecule has 1 unspecified atom stereocenters. The minimum atomic E-state index is -0.883. The van der Waals surface area contributed by atoms with Crippen molar-refractivity contribution in [3.63, 3.8) is 0 Å². The van der Waals surface area contributed by atoms with Crippen LogP contribution >= 0.6 is 0 Å². The quantitative estimate of drug-likeness (QED) is 0.714. The molecule has 3 N–H and O–H groups in total. The number of rotatable bonds is 7. The van der Waals surface area contributed by atoms with Crippen LogP contribution in [0.15, 0.2) is 18.2 Å². The average Bonchev–Trinajstić information content (AvgIpc) is 2.46. The lowest BCUT2D eigenvalue weighted by Gasteiger charge is -2.13. The summed E-state index contributed by atoms with van der Waals surface area (Å²) in [6, 6.07) is 4.61. The van der Waals surface area contributed by atoms with Crippen LogP contribution in [-0.2, 0) is 4.79 Å². The van der Waals surface area contributed by atoms with Gasteiger partial charge in [0.05, 0.1) is 25.8 Å². The van der Waals surface area contributed by atoms with Gasteiger partial charge in [-0.15, -0.1) is 0 Å². The van der Waals surface area contributed by atoms with Crippen LogP contribution in [0.2, 0.25) is 0 Å². The van der Waals surface area contributed by atoms with Crippen LogP contribution in [0.1, 0.15) is 13.3 Å². The Kier molecular flexibility index (Phi) is 6.32. The molecule has 0 saturated carbocycles. The smallest absolute Gasteiger partial charge is 0.319 e. The molecule has 0 fully saturated rings. The molecule has 0 heterocycles. The highest BCUT2D eigenvalue weighted by atomic mass is 16.5. The zero-order chi connectivity index (χ0) is 15.8. The Morgan fingerprint density at radius 1 is 1.29 bits per heavy atom. The number of carboxylic acids is 1. The van der Waals surface area contributed by atoms with E-state index in [9.17, 15) is 9.59 Å². The van der Waals surface area contributed by atoms with Gasteiger partial charge in [0.2, 0.25) is 0 Å². The fourth-order valence-electron chi connectivity index (χ4n) is 1.60. The summed E-state index contributed by atoms with van der Waals surface area (Å²) in [5, 5.41) is 14.0. The SMILES string of the molecule is COc1ccc(OC)c(NC(=O)NCCC(C)C(=O)O)c1. The van der Waals surface area contributed by atoms with E-state index in [-0.39, 0.29) is 6.54 Å². The van der Waals surface area contributed by atoms with Crippen molar-refractivity contribution in [1.29, 1.82) is 0 Å². The van der Waals surface area contributed by atoms with Crippen LogP contribution in [0.25, 0.3) is 0 Å². The number of aliphatic carboxylic acids is 1. The molecule has 0 saturated heterocycles. The van der Waals surface area contributed by atoms with Crippen molar-refractivity contribution >= 4 is 17.7 Å². The summed E-state index contributed by atoms with van der Waals surface area (Å²) in [4.78, 5) is 22.4. The predicted octanol–water partition coefficient (Wildman–Crippen LogP) is 1.94. The first-order valence-electron chi connectivity index (χ1n) is 6.47. The van der Waals surface area contributed by atoms with Gasteiger partial charge >= 0.3 is 12.0 Å². The third-order valence-corrected chi connectivity index (χ3v) is 2.94. The lowest BCUT2D eigenvalue weighted by Crippen LogP contribution is -2.31. The molecule has 7 heteroatoms. The van der Waals surface area contributed by atoms with Crippen molar-refractivity contribution in [3.8, 4) is 11.5 Å². The molecule has 0 aliphatic rings. The first-order valence-corrected chi connectivity index (χ1v) is 6.47. The molecule has 116 valence electrons. The summed E-state index contributed by atoms with van der Waals surface area (Å²) < 4.78 is 10.2. The molecular formula is C14H20N2O5. The Hall–Kier alpha value is -2.44. The number of carboxylic acid groups (broad SMARTS) is 1. The molecule has 0 aliphatic carbocycles. The Morgan fingerprint density at radius 3 is 2.57 bits per heavy atom. The highest BCUT2D eigenvalue weighted by Gasteiger charge is 2.12. The molecule has 1 aromatic rings. The van der Waals surface area contributed by atoms with E-state index in [1.165, 1.54) is 14.2 Å². The molecule has 1 atom stereocenters. The van der Waals surface area contributed by atoms with E-state index < -0.39 is 17.9 Å². The van der Waals surface area contributed by atoms with Gasteiger partial charge in [0.25, 0.3) is 0 Å². The van der Waals surface area contributed by atoms with Gasteiger partial charge in [-0.1, -0.05) is 6.92 Å². The fraction of sp³-hybridized carbons (Fsp3) is 0.429. The van der Waals surface area contributed by atoms with Crippen LogP contribution in [0, 0.1) is 5.92 Å². The summed E-state index contributed by atoms with van der Waals surface area (Å²) >= 11 is 0. The molecule has 0 radical (unpaired) electrons. The Bertz CT molecular complexity index is 504. The highest BCUT2D eigenvalue weighted by molar-refractivity contribution is 5.91. The summed E-state index contributed by atoms with van der Waals surface area (Å²) in [5.74, 6) is -0.293. The van der Waals surface area contributed by atoms with Gasteiger partial charge in [-0.2, -0.15) is 0 Å². The lowest BCUT2D eigenvalue weighted by atomic mass is 10.1. The fourth-order valence-corrected chi connectivity index (χ4v) is 1.60. The Morgan fingerprint density at radius 2 is 2.00 bits per heavy atom. The van der Waals surface area contributed by atoms with Crippen molar-refractivity contribution in [2.75, 3.05) is 26.1 Å². The van der Waals surface area contributed by atoms with E-state index in [1.54, 1.807) is 25.1 Å². The second-order valence-electron chi connectivity index (χ2n) is 4.48. The van der Waals surface area contributed by atoms with Gasteiger partial charge in [-0.3, -0.25) is 4.79 Å². The van der Waals surface area contributed by atoms with Gasteiger partial charge in [-0.25, -0.2) is 4.79 Å². The highest BCUT2D eigenvalue weighted by Crippen LogP contribution is 2.28. The maximum absolute atomic E-state index is 11.8. The molecule has 0 spiro atoms. The zero-order valence-corrected chi connectivity index (χ0v) is 12.3. The van der Waals surface area contributed by atoms with E-state index in [4.69, 9.17) is 14.6 Å². The second kappa shape index (κ2) is 7.98. The zero-order valence-electron chi connectivity index (χ0n) is 12.3. The minimum Gasteiger partial charge on any atom is -0.497 e. The van der Waals surface area contributed by atoms with E-state index in [1.807, 2.05) is 0 Å². The normalized spacial score (nSPS) is 11.4. The molecule has 2 amide bonds. The standard InChI is InChI=1S/C14H20N2O5/c1-9(13(17)18)6-7-15-14(19)16-11-8-10(20-2)4-5-12(11)21-3/h4-5,8-9H,6-7H2,1-3H3,(H,17,18)(H2,15,16,19). The van der Waals surface area contributed by atoms with Gasteiger partial charge in [0.15, 0.2) is 0 Å². The maximum atomic E-state index is 11.8. The number of amides is 2. The van der Waals surface area contributed by atoms with E-state index in [2.05, 4.69) is 10.6 Å². The van der Waals surface area contributed by atoms with Crippen molar-refractivity contribution in [2.24, 2.45) is 5.92 Å².